The zero-order chi connectivity index (χ0) is 62.4. The monoisotopic (exact) mass is 1220 g/mol. The smallest absolute Gasteiger partial charge is 0.249 e. The fourth-order valence-corrected chi connectivity index (χ4v) is 12.5. The molecule has 0 aromatic carbocycles. The number of allylic oxidation sites excluding steroid dienone is 4. The van der Waals surface area contributed by atoms with Crippen LogP contribution in [0.15, 0.2) is 24.3 Å². The van der Waals surface area contributed by atoms with Gasteiger partial charge in [-0.25, -0.2) is 0 Å². The van der Waals surface area contributed by atoms with Crippen LogP contribution in [0.4, 0.5) is 0 Å². The van der Waals surface area contributed by atoms with E-state index in [0.717, 1.165) is 38.5 Å². The van der Waals surface area contributed by atoms with Crippen molar-refractivity contribution in [2.75, 3.05) is 13.2 Å². The fourth-order valence-electron chi connectivity index (χ4n) is 12.5. The Morgan fingerprint density at radius 2 is 0.698 bits per heavy atom. The van der Waals surface area contributed by atoms with Gasteiger partial charge in [0.25, 0.3) is 0 Å². The average molecular weight is 1220 g/mol. The molecule has 0 aliphatic carbocycles. The third kappa shape index (κ3) is 50.3. The molecule has 510 valence electrons. The Morgan fingerprint density at radius 3 is 1.03 bits per heavy atom. The molecule has 1 amide bonds. The van der Waals surface area contributed by atoms with E-state index in [4.69, 9.17) is 9.47 Å². The maximum atomic E-state index is 13.3. The van der Waals surface area contributed by atoms with Crippen LogP contribution in [0.1, 0.15) is 380 Å². The van der Waals surface area contributed by atoms with Crippen molar-refractivity contribution in [3.05, 3.63) is 24.3 Å². The number of rotatable bonds is 67. The van der Waals surface area contributed by atoms with E-state index in [2.05, 4.69) is 43.5 Å². The first-order valence-electron chi connectivity index (χ1n) is 37.7. The summed E-state index contributed by atoms with van der Waals surface area (Å²) in [6, 6.07) is -1.19. The molecule has 0 saturated carbocycles. The predicted octanol–water partition coefficient (Wildman–Crippen LogP) is 18.8. The van der Waals surface area contributed by atoms with Gasteiger partial charge in [0.15, 0.2) is 6.29 Å². The summed E-state index contributed by atoms with van der Waals surface area (Å²) >= 11 is 0. The van der Waals surface area contributed by atoms with Gasteiger partial charge < -0.3 is 50.5 Å². The third-order valence-electron chi connectivity index (χ3n) is 18.5. The summed E-state index contributed by atoms with van der Waals surface area (Å²) in [6.07, 6.45) is 70.1. The molecule has 1 saturated heterocycles. The molecule has 11 nitrogen and oxygen atoms in total. The highest BCUT2D eigenvalue weighted by atomic mass is 16.7. The Bertz CT molecular complexity index is 1450. The number of unbranched alkanes of at least 4 members (excludes halogenated alkanes) is 51. The predicted molar refractivity (Wildman–Crippen MR) is 362 cm³/mol. The van der Waals surface area contributed by atoms with Crippen LogP contribution in [0.2, 0.25) is 0 Å². The summed E-state index contributed by atoms with van der Waals surface area (Å²) in [7, 11) is 0. The van der Waals surface area contributed by atoms with Crippen molar-refractivity contribution in [3.8, 4) is 0 Å². The average Bonchev–Trinajstić information content (AvgIpc) is 3.20. The molecule has 0 spiro atoms. The molecule has 0 radical (unpaired) electrons. The molecule has 1 aliphatic heterocycles. The molecule has 1 aliphatic rings. The number of hydrogen-bond donors (Lipinski definition) is 8. The van der Waals surface area contributed by atoms with Crippen molar-refractivity contribution in [1.29, 1.82) is 0 Å². The van der Waals surface area contributed by atoms with E-state index in [1.54, 1.807) is 0 Å². The summed E-state index contributed by atoms with van der Waals surface area (Å²) in [5.74, 6) is -0.702. The Balaban J connectivity index is 2.15. The molecule has 11 heteroatoms. The summed E-state index contributed by atoms with van der Waals surface area (Å²) in [5, 5.41) is 76.5. The molecule has 9 unspecified atom stereocenters. The lowest BCUT2D eigenvalue weighted by Gasteiger charge is -2.40. The quantitative estimate of drug-likeness (QED) is 0.0215. The number of carbonyl (C=O) groups excluding carboxylic acids is 1. The van der Waals surface area contributed by atoms with Gasteiger partial charge in [0, 0.05) is 0 Å². The third-order valence-corrected chi connectivity index (χ3v) is 18.5. The SMILES string of the molecule is CCCCCCCCCCCCCCCC/C=C/CC/C=C/CCCC(O)C(O)C(COC1OC(CO)C(O)C(O)C1O)NC(=O)C(O)CCCCCCCCCCCCCCCCCCCCCCCCCCCCCCCCCCCCCC. The first-order chi connectivity index (χ1) is 42.2. The molecule has 1 rings (SSSR count). The molecule has 0 aromatic rings. The second kappa shape index (κ2) is 63.7. The molecule has 9 atom stereocenters. The zero-order valence-electron chi connectivity index (χ0n) is 56.6. The van der Waals surface area contributed by atoms with Crippen LogP contribution in [-0.2, 0) is 14.3 Å². The number of ether oxygens (including phenoxy) is 2. The summed E-state index contributed by atoms with van der Waals surface area (Å²) in [4.78, 5) is 13.3. The lowest BCUT2D eigenvalue weighted by atomic mass is 9.98. The minimum atomic E-state index is -1.67. The first kappa shape index (κ1) is 82.6. The van der Waals surface area contributed by atoms with Crippen LogP contribution in [-0.4, -0.2) is 110 Å². The summed E-state index contributed by atoms with van der Waals surface area (Å²) in [5.41, 5.74) is 0. The van der Waals surface area contributed by atoms with Crippen LogP contribution in [0.25, 0.3) is 0 Å². The van der Waals surface area contributed by atoms with Crippen LogP contribution >= 0.6 is 0 Å². The Morgan fingerprint density at radius 1 is 0.395 bits per heavy atom. The Hall–Kier alpha value is -1.41. The van der Waals surface area contributed by atoms with E-state index < -0.39 is 74.2 Å². The van der Waals surface area contributed by atoms with Crippen molar-refractivity contribution in [1.82, 2.24) is 5.32 Å². The highest BCUT2D eigenvalue weighted by molar-refractivity contribution is 5.80. The van der Waals surface area contributed by atoms with Crippen LogP contribution < -0.4 is 5.32 Å². The largest absolute Gasteiger partial charge is 0.394 e. The number of hydrogen-bond acceptors (Lipinski definition) is 10. The highest BCUT2D eigenvalue weighted by Gasteiger charge is 2.44. The van der Waals surface area contributed by atoms with E-state index in [1.807, 2.05) is 0 Å². The number of aliphatic hydroxyl groups excluding tert-OH is 7. The normalized spacial score (nSPS) is 18.8. The van der Waals surface area contributed by atoms with Crippen LogP contribution in [0.3, 0.4) is 0 Å². The van der Waals surface area contributed by atoms with Crippen LogP contribution in [0.5, 0.6) is 0 Å². The standard InChI is InChI=1S/C75H145NO10/c1-3-5-7-9-11-13-15-17-19-21-23-25-27-28-29-30-31-32-33-34-35-36-37-38-39-41-43-45-47-49-51-53-55-57-59-61-63-68(79)74(84)76-66(65-85-75-73(83)72(82)71(81)69(64-77)86-75)70(80)67(78)62-60-58-56-54-52-50-48-46-44-42-40-26-24-22-20-18-16-14-12-10-8-6-4-2/h46,48,54,56,66-73,75,77-83H,3-45,47,49-53,55,57-65H2,1-2H3,(H,76,84)/b48-46+,56-54+. The van der Waals surface area contributed by atoms with Crippen molar-refractivity contribution < 1.29 is 50.0 Å². The topological polar surface area (TPSA) is 189 Å². The minimum Gasteiger partial charge on any atom is -0.394 e. The van der Waals surface area contributed by atoms with Gasteiger partial charge in [0.05, 0.1) is 25.4 Å². The lowest BCUT2D eigenvalue weighted by molar-refractivity contribution is -0.303. The van der Waals surface area contributed by atoms with Gasteiger partial charge in [-0.2, -0.15) is 0 Å². The van der Waals surface area contributed by atoms with E-state index in [0.29, 0.717) is 19.3 Å². The number of aliphatic hydroxyl groups is 7. The number of carbonyl (C=O) groups is 1. The van der Waals surface area contributed by atoms with Gasteiger partial charge in [-0.05, 0) is 51.4 Å². The Labute approximate surface area is 531 Å². The van der Waals surface area contributed by atoms with Gasteiger partial charge in [0.2, 0.25) is 5.91 Å². The Kier molecular flexibility index (Phi) is 61.2. The van der Waals surface area contributed by atoms with Crippen molar-refractivity contribution >= 4 is 5.91 Å². The van der Waals surface area contributed by atoms with Gasteiger partial charge in [0.1, 0.15) is 36.6 Å². The number of amides is 1. The molecule has 1 heterocycles. The molecule has 0 bridgehead atoms. The molecular weight excluding hydrogens is 1070 g/mol. The molecule has 8 N–H and O–H groups in total. The van der Waals surface area contributed by atoms with Gasteiger partial charge in [-0.1, -0.05) is 353 Å². The van der Waals surface area contributed by atoms with E-state index in [9.17, 15) is 40.5 Å². The fraction of sp³-hybridized carbons (Fsp3) is 0.933. The van der Waals surface area contributed by atoms with E-state index in [-0.39, 0.29) is 12.8 Å². The van der Waals surface area contributed by atoms with E-state index >= 15 is 0 Å². The van der Waals surface area contributed by atoms with Crippen molar-refractivity contribution in [2.45, 2.75) is 435 Å². The molecule has 86 heavy (non-hydrogen) atoms. The van der Waals surface area contributed by atoms with Gasteiger partial charge >= 0.3 is 0 Å². The second-order valence-corrected chi connectivity index (χ2v) is 26.7. The van der Waals surface area contributed by atoms with Gasteiger partial charge in [-0.3, -0.25) is 4.79 Å². The molecular formula is C75H145NO10. The maximum Gasteiger partial charge on any atom is 0.249 e. The first-order valence-corrected chi connectivity index (χ1v) is 37.7. The lowest BCUT2D eigenvalue weighted by Crippen LogP contribution is -2.60. The zero-order valence-corrected chi connectivity index (χ0v) is 56.6. The van der Waals surface area contributed by atoms with Crippen LogP contribution in [0, 0.1) is 0 Å². The molecule has 0 aromatic heterocycles. The van der Waals surface area contributed by atoms with Crippen molar-refractivity contribution in [2.24, 2.45) is 0 Å². The second-order valence-electron chi connectivity index (χ2n) is 26.7. The summed E-state index contributed by atoms with van der Waals surface area (Å²) in [6.45, 7) is 3.50. The van der Waals surface area contributed by atoms with Crippen molar-refractivity contribution in [3.63, 3.8) is 0 Å². The number of nitrogens with one attached hydrogen (secondary N) is 1. The van der Waals surface area contributed by atoms with Gasteiger partial charge in [-0.15, -0.1) is 0 Å². The summed E-state index contributed by atoms with van der Waals surface area (Å²) < 4.78 is 11.2. The highest BCUT2D eigenvalue weighted by Crippen LogP contribution is 2.24. The molecule has 1 fully saturated rings. The van der Waals surface area contributed by atoms with E-state index in [1.165, 1.54) is 295 Å². The minimum absolute atomic E-state index is 0.249. The maximum absolute atomic E-state index is 13.3.